The molecule has 0 saturated carbocycles. The van der Waals surface area contributed by atoms with E-state index in [1.54, 1.807) is 4.68 Å². The predicted molar refractivity (Wildman–Crippen MR) is 69.8 cm³/mol. The lowest BCUT2D eigenvalue weighted by Crippen LogP contribution is -1.93. The van der Waals surface area contributed by atoms with Crippen LogP contribution in [-0.2, 0) is 7.05 Å². The molecule has 0 atom stereocenters. The Morgan fingerprint density at radius 1 is 1.38 bits per heavy atom. The summed E-state index contributed by atoms with van der Waals surface area (Å²) in [5, 5.41) is 7.57. The fourth-order valence-electron chi connectivity index (χ4n) is 1.50. The van der Waals surface area contributed by atoms with Gasteiger partial charge in [0.15, 0.2) is 0 Å². The van der Waals surface area contributed by atoms with Crippen LogP contribution >= 0.6 is 15.9 Å². The first-order valence-corrected chi connectivity index (χ1v) is 5.68. The summed E-state index contributed by atoms with van der Waals surface area (Å²) >= 11 is 3.47. The van der Waals surface area contributed by atoms with E-state index in [0.29, 0.717) is 0 Å². The second kappa shape index (κ2) is 4.17. The monoisotopic (exact) mass is 280 g/mol. The number of aromatic nitrogens is 2. The minimum Gasteiger partial charge on any atom is -0.399 e. The SMILES string of the molecule is Cc1nn(C)cc1Nc1ccc(N)cc1Br. The van der Waals surface area contributed by atoms with Crippen molar-refractivity contribution in [1.82, 2.24) is 9.78 Å². The zero-order chi connectivity index (χ0) is 11.7. The third-order valence-electron chi connectivity index (χ3n) is 2.28. The van der Waals surface area contributed by atoms with Crippen molar-refractivity contribution in [2.75, 3.05) is 11.1 Å². The number of nitrogens with one attached hydrogen (secondary N) is 1. The van der Waals surface area contributed by atoms with Gasteiger partial charge in [0.05, 0.1) is 17.1 Å². The molecule has 1 heterocycles. The number of nitrogens with two attached hydrogens (primary N) is 1. The van der Waals surface area contributed by atoms with Crippen LogP contribution in [0.5, 0.6) is 0 Å². The fraction of sp³-hybridized carbons (Fsp3) is 0.182. The summed E-state index contributed by atoms with van der Waals surface area (Å²) in [4.78, 5) is 0. The molecule has 0 spiro atoms. The molecule has 1 aromatic heterocycles. The van der Waals surface area contributed by atoms with Gasteiger partial charge in [-0.2, -0.15) is 5.10 Å². The molecule has 2 rings (SSSR count). The van der Waals surface area contributed by atoms with Gasteiger partial charge in [-0.15, -0.1) is 0 Å². The van der Waals surface area contributed by atoms with Gasteiger partial charge < -0.3 is 11.1 Å². The van der Waals surface area contributed by atoms with Crippen LogP contribution in [0.15, 0.2) is 28.9 Å². The van der Waals surface area contributed by atoms with Crippen LogP contribution in [0.3, 0.4) is 0 Å². The number of hydrogen-bond donors (Lipinski definition) is 2. The van der Waals surface area contributed by atoms with Gasteiger partial charge in [-0.1, -0.05) is 0 Å². The first-order valence-electron chi connectivity index (χ1n) is 4.88. The average Bonchev–Trinajstić information content (AvgIpc) is 2.50. The first kappa shape index (κ1) is 11.0. The second-order valence-corrected chi connectivity index (χ2v) is 4.52. The lowest BCUT2D eigenvalue weighted by atomic mass is 10.2. The summed E-state index contributed by atoms with van der Waals surface area (Å²) in [7, 11) is 1.90. The number of hydrogen-bond acceptors (Lipinski definition) is 3. The minimum absolute atomic E-state index is 0.736. The van der Waals surface area contributed by atoms with Gasteiger partial charge in [-0.05, 0) is 41.1 Å². The van der Waals surface area contributed by atoms with Crippen LogP contribution in [-0.4, -0.2) is 9.78 Å². The number of nitrogens with zero attached hydrogens (tertiary/aromatic N) is 2. The zero-order valence-electron chi connectivity index (χ0n) is 9.16. The van der Waals surface area contributed by atoms with Crippen molar-refractivity contribution in [3.63, 3.8) is 0 Å². The van der Waals surface area contributed by atoms with E-state index in [4.69, 9.17) is 5.73 Å². The predicted octanol–water partition coefficient (Wildman–Crippen LogP) is 2.82. The number of aryl methyl sites for hydroxylation is 2. The van der Waals surface area contributed by atoms with Crippen LogP contribution in [0.2, 0.25) is 0 Å². The molecule has 16 heavy (non-hydrogen) atoms. The maximum Gasteiger partial charge on any atom is 0.0828 e. The summed E-state index contributed by atoms with van der Waals surface area (Å²) in [5.74, 6) is 0. The Bertz CT molecular complexity index is 519. The van der Waals surface area contributed by atoms with Gasteiger partial charge in [-0.3, -0.25) is 4.68 Å². The Hall–Kier alpha value is -1.49. The number of halogens is 1. The molecule has 0 radical (unpaired) electrons. The van der Waals surface area contributed by atoms with Gasteiger partial charge >= 0.3 is 0 Å². The van der Waals surface area contributed by atoms with Crippen LogP contribution in [0.4, 0.5) is 17.1 Å². The van der Waals surface area contributed by atoms with Gasteiger partial charge in [0.1, 0.15) is 0 Å². The van der Waals surface area contributed by atoms with Gasteiger partial charge in [0.2, 0.25) is 0 Å². The summed E-state index contributed by atoms with van der Waals surface area (Å²) in [6, 6.07) is 5.67. The van der Waals surface area contributed by atoms with Crippen molar-refractivity contribution >= 4 is 33.0 Å². The Morgan fingerprint density at radius 2 is 2.12 bits per heavy atom. The summed E-state index contributed by atoms with van der Waals surface area (Å²) in [6.45, 7) is 1.97. The van der Waals surface area contributed by atoms with Crippen LogP contribution in [0.25, 0.3) is 0 Å². The van der Waals surface area contributed by atoms with E-state index in [2.05, 4.69) is 26.3 Å². The number of rotatable bonds is 2. The first-order chi connectivity index (χ1) is 7.56. The third-order valence-corrected chi connectivity index (χ3v) is 2.93. The molecule has 0 unspecified atom stereocenters. The molecule has 5 heteroatoms. The van der Waals surface area contributed by atoms with Gasteiger partial charge in [0, 0.05) is 23.4 Å². The van der Waals surface area contributed by atoms with Crippen molar-refractivity contribution in [2.24, 2.45) is 7.05 Å². The fourth-order valence-corrected chi connectivity index (χ4v) is 2.00. The number of nitrogen functional groups attached to an aromatic ring is 1. The highest BCUT2D eigenvalue weighted by Gasteiger charge is 2.05. The van der Waals surface area contributed by atoms with Gasteiger partial charge in [-0.25, -0.2) is 0 Å². The molecule has 1 aromatic carbocycles. The van der Waals surface area contributed by atoms with Crippen molar-refractivity contribution in [3.05, 3.63) is 34.6 Å². The third kappa shape index (κ3) is 2.19. The molecule has 0 aliphatic carbocycles. The topological polar surface area (TPSA) is 55.9 Å². The van der Waals surface area contributed by atoms with Crippen LogP contribution in [0.1, 0.15) is 5.69 Å². The smallest absolute Gasteiger partial charge is 0.0828 e. The molecular formula is C11H13BrN4. The highest BCUT2D eigenvalue weighted by molar-refractivity contribution is 9.10. The highest BCUT2D eigenvalue weighted by atomic mass is 79.9. The molecule has 0 aliphatic rings. The standard InChI is InChI=1S/C11H13BrN4/c1-7-11(6-16(2)15-7)14-10-4-3-8(13)5-9(10)12/h3-6,14H,13H2,1-2H3. The van der Waals surface area contributed by atoms with E-state index in [1.165, 1.54) is 0 Å². The Morgan fingerprint density at radius 3 is 2.69 bits per heavy atom. The zero-order valence-corrected chi connectivity index (χ0v) is 10.7. The van der Waals surface area contributed by atoms with E-state index >= 15 is 0 Å². The van der Waals surface area contributed by atoms with Gasteiger partial charge in [0.25, 0.3) is 0 Å². The number of anilines is 3. The van der Waals surface area contributed by atoms with E-state index < -0.39 is 0 Å². The summed E-state index contributed by atoms with van der Waals surface area (Å²) in [6.07, 6.45) is 1.94. The van der Waals surface area contributed by atoms with Crippen LogP contribution in [0, 0.1) is 6.92 Å². The lowest BCUT2D eigenvalue weighted by molar-refractivity contribution is 0.756. The molecule has 0 saturated heterocycles. The van der Waals surface area contributed by atoms with E-state index in [1.807, 2.05) is 38.4 Å². The summed E-state index contributed by atoms with van der Waals surface area (Å²) < 4.78 is 2.72. The largest absolute Gasteiger partial charge is 0.399 e. The average molecular weight is 281 g/mol. The Balaban J connectivity index is 2.30. The molecule has 0 bridgehead atoms. The summed E-state index contributed by atoms with van der Waals surface area (Å²) in [5.41, 5.74) is 9.35. The molecule has 2 aromatic rings. The Kier molecular flexibility index (Phi) is 2.87. The molecule has 4 nitrogen and oxygen atoms in total. The van der Waals surface area contributed by atoms with E-state index in [-0.39, 0.29) is 0 Å². The maximum atomic E-state index is 5.68. The van der Waals surface area contributed by atoms with Crippen molar-refractivity contribution < 1.29 is 0 Å². The molecule has 0 amide bonds. The molecule has 0 aliphatic heterocycles. The van der Waals surface area contributed by atoms with Crippen LogP contribution < -0.4 is 11.1 Å². The quantitative estimate of drug-likeness (QED) is 0.832. The maximum absolute atomic E-state index is 5.68. The molecule has 0 fully saturated rings. The number of benzene rings is 1. The Labute approximate surface area is 103 Å². The van der Waals surface area contributed by atoms with Crippen molar-refractivity contribution in [2.45, 2.75) is 6.92 Å². The minimum atomic E-state index is 0.736. The second-order valence-electron chi connectivity index (χ2n) is 3.67. The molecule has 84 valence electrons. The van der Waals surface area contributed by atoms with Crippen molar-refractivity contribution in [1.29, 1.82) is 0 Å². The van der Waals surface area contributed by atoms with E-state index in [0.717, 1.165) is 27.2 Å². The molecule has 3 N–H and O–H groups in total. The lowest BCUT2D eigenvalue weighted by Gasteiger charge is -2.07. The molecular weight excluding hydrogens is 268 g/mol. The normalized spacial score (nSPS) is 10.4. The van der Waals surface area contributed by atoms with E-state index in [9.17, 15) is 0 Å². The van der Waals surface area contributed by atoms with Crippen molar-refractivity contribution in [3.8, 4) is 0 Å². The highest BCUT2D eigenvalue weighted by Crippen LogP contribution is 2.28.